The van der Waals surface area contributed by atoms with Crippen molar-refractivity contribution in [3.05, 3.63) is 23.4 Å². The molecule has 0 aliphatic rings. The van der Waals surface area contributed by atoms with Gasteiger partial charge in [-0.15, -0.1) is 0 Å². The van der Waals surface area contributed by atoms with Crippen LogP contribution in [0.4, 0.5) is 19.0 Å². The number of halogens is 3. The first-order chi connectivity index (χ1) is 8.50. The van der Waals surface area contributed by atoms with Gasteiger partial charge in [-0.05, 0) is 17.5 Å². The van der Waals surface area contributed by atoms with Gasteiger partial charge in [-0.25, -0.2) is 4.98 Å². The van der Waals surface area contributed by atoms with Gasteiger partial charge in [-0.3, -0.25) is 4.79 Å². The average Bonchev–Trinajstić information content (AvgIpc) is 2.23. The van der Waals surface area contributed by atoms with Crippen molar-refractivity contribution < 1.29 is 18.0 Å². The first kappa shape index (κ1) is 15.3. The van der Waals surface area contributed by atoms with Crippen molar-refractivity contribution in [1.29, 1.82) is 0 Å². The number of hydrogen-bond donors (Lipinski definition) is 2. The lowest BCUT2D eigenvalue weighted by Crippen LogP contribution is -2.23. The van der Waals surface area contributed by atoms with Crippen molar-refractivity contribution in [2.45, 2.75) is 26.9 Å². The molecule has 1 heterocycles. The highest BCUT2D eigenvalue weighted by atomic mass is 19.4. The van der Waals surface area contributed by atoms with E-state index in [1.165, 1.54) is 0 Å². The molecule has 1 aromatic rings. The summed E-state index contributed by atoms with van der Waals surface area (Å²) in [5.41, 5.74) is 3.82. The highest BCUT2D eigenvalue weighted by Crippen LogP contribution is 2.29. The molecule has 0 fully saturated rings. The van der Waals surface area contributed by atoms with Crippen LogP contribution in [-0.4, -0.2) is 17.4 Å². The molecule has 1 aromatic heterocycles. The highest BCUT2D eigenvalue weighted by molar-refractivity contribution is 5.97. The number of nitrogens with zero attached hydrogens (tertiary/aromatic N) is 1. The summed E-state index contributed by atoms with van der Waals surface area (Å²) in [6, 6.07) is 1.77. The number of aromatic nitrogens is 1. The van der Waals surface area contributed by atoms with Gasteiger partial charge in [0, 0.05) is 6.54 Å². The number of nitrogens with two attached hydrogens (primary N) is 1. The molecule has 0 spiro atoms. The van der Waals surface area contributed by atoms with Crippen LogP contribution < -0.4 is 11.1 Å². The van der Waals surface area contributed by atoms with Gasteiger partial charge < -0.3 is 11.1 Å². The van der Waals surface area contributed by atoms with Crippen LogP contribution in [0.3, 0.4) is 0 Å². The van der Waals surface area contributed by atoms with Crippen molar-refractivity contribution in [3.63, 3.8) is 0 Å². The molecule has 1 rings (SSSR count). The monoisotopic (exact) mass is 275 g/mol. The standard InChI is InChI=1S/C12H16F3N3O/c1-11(2,3)6-17-10-7(9(16)19)4-5-8(18-10)12(13,14)15/h4-5H,6H2,1-3H3,(H2,16,19)(H,17,18). The average molecular weight is 275 g/mol. The molecule has 0 aliphatic heterocycles. The number of nitrogens with one attached hydrogen (secondary N) is 1. The molecule has 0 aliphatic carbocycles. The van der Waals surface area contributed by atoms with Gasteiger partial charge >= 0.3 is 6.18 Å². The maximum Gasteiger partial charge on any atom is 0.433 e. The van der Waals surface area contributed by atoms with Gasteiger partial charge in [0.25, 0.3) is 5.91 Å². The molecule has 106 valence electrons. The van der Waals surface area contributed by atoms with E-state index in [4.69, 9.17) is 5.73 Å². The molecule has 0 bridgehead atoms. The van der Waals surface area contributed by atoms with Crippen LogP contribution in [0.1, 0.15) is 36.8 Å². The Bertz CT molecular complexity index is 478. The third kappa shape index (κ3) is 4.42. The van der Waals surface area contributed by atoms with Crippen LogP contribution >= 0.6 is 0 Å². The quantitative estimate of drug-likeness (QED) is 0.891. The molecule has 0 saturated heterocycles. The van der Waals surface area contributed by atoms with Crippen LogP contribution in [0.5, 0.6) is 0 Å². The number of carbonyl (C=O) groups is 1. The van der Waals surface area contributed by atoms with Gasteiger partial charge in [0.15, 0.2) is 0 Å². The summed E-state index contributed by atoms with van der Waals surface area (Å²) in [4.78, 5) is 14.6. The first-order valence-electron chi connectivity index (χ1n) is 5.62. The van der Waals surface area contributed by atoms with Crippen LogP contribution in [0, 0.1) is 5.41 Å². The minimum Gasteiger partial charge on any atom is -0.369 e. The Balaban J connectivity index is 3.13. The zero-order valence-electron chi connectivity index (χ0n) is 10.9. The number of carbonyl (C=O) groups excluding carboxylic acids is 1. The van der Waals surface area contributed by atoms with Crippen molar-refractivity contribution in [2.75, 3.05) is 11.9 Å². The molecule has 0 saturated carbocycles. The largest absolute Gasteiger partial charge is 0.433 e. The van der Waals surface area contributed by atoms with E-state index in [1.54, 1.807) is 0 Å². The van der Waals surface area contributed by atoms with Crippen LogP contribution in [0.25, 0.3) is 0 Å². The number of primary amides is 1. The summed E-state index contributed by atoms with van der Waals surface area (Å²) in [6.07, 6.45) is -4.56. The van der Waals surface area contributed by atoms with Gasteiger partial charge in [0.1, 0.15) is 11.5 Å². The zero-order valence-corrected chi connectivity index (χ0v) is 10.9. The summed E-state index contributed by atoms with van der Waals surface area (Å²) in [5.74, 6) is -0.963. The lowest BCUT2D eigenvalue weighted by Gasteiger charge is -2.20. The van der Waals surface area contributed by atoms with E-state index in [0.717, 1.165) is 12.1 Å². The van der Waals surface area contributed by atoms with Crippen LogP contribution in [0.15, 0.2) is 12.1 Å². The number of anilines is 1. The third-order valence-corrected chi connectivity index (χ3v) is 2.24. The summed E-state index contributed by atoms with van der Waals surface area (Å²) >= 11 is 0. The fourth-order valence-corrected chi connectivity index (χ4v) is 1.30. The topological polar surface area (TPSA) is 68.0 Å². The van der Waals surface area contributed by atoms with Crippen LogP contribution in [0.2, 0.25) is 0 Å². The summed E-state index contributed by atoms with van der Waals surface area (Å²) < 4.78 is 37.7. The molecule has 1 amide bonds. The number of alkyl halides is 3. The molecule has 0 aromatic carbocycles. The molecular formula is C12H16F3N3O. The Morgan fingerprint density at radius 1 is 1.32 bits per heavy atom. The second-order valence-corrected chi connectivity index (χ2v) is 5.37. The van der Waals surface area contributed by atoms with Crippen molar-refractivity contribution in [3.8, 4) is 0 Å². The molecule has 3 N–H and O–H groups in total. The van der Waals surface area contributed by atoms with E-state index in [9.17, 15) is 18.0 Å². The van der Waals surface area contributed by atoms with Gasteiger partial charge in [-0.2, -0.15) is 13.2 Å². The Kier molecular flexibility index (Phi) is 4.07. The number of pyridine rings is 1. The molecule has 4 nitrogen and oxygen atoms in total. The van der Waals surface area contributed by atoms with E-state index in [2.05, 4.69) is 10.3 Å². The fourth-order valence-electron chi connectivity index (χ4n) is 1.30. The third-order valence-electron chi connectivity index (χ3n) is 2.24. The maximum atomic E-state index is 12.6. The van der Waals surface area contributed by atoms with Crippen molar-refractivity contribution in [2.24, 2.45) is 11.1 Å². The molecular weight excluding hydrogens is 259 g/mol. The predicted octanol–water partition coefficient (Wildman–Crippen LogP) is 2.66. The van der Waals surface area contributed by atoms with Crippen molar-refractivity contribution >= 4 is 11.7 Å². The minimum absolute atomic E-state index is 0.0581. The minimum atomic E-state index is -4.56. The van der Waals surface area contributed by atoms with Gasteiger partial charge in [0.2, 0.25) is 0 Å². The Hall–Kier alpha value is -1.79. The highest BCUT2D eigenvalue weighted by Gasteiger charge is 2.33. The Labute approximate surface area is 109 Å². The summed E-state index contributed by atoms with van der Waals surface area (Å²) in [6.45, 7) is 6.06. The SMILES string of the molecule is CC(C)(C)CNc1nc(C(F)(F)F)ccc1C(N)=O. The molecule has 19 heavy (non-hydrogen) atoms. The van der Waals surface area contributed by atoms with E-state index >= 15 is 0 Å². The Morgan fingerprint density at radius 2 is 1.89 bits per heavy atom. The van der Waals surface area contributed by atoms with E-state index < -0.39 is 17.8 Å². The van der Waals surface area contributed by atoms with Crippen molar-refractivity contribution in [1.82, 2.24) is 4.98 Å². The smallest absolute Gasteiger partial charge is 0.369 e. The second-order valence-electron chi connectivity index (χ2n) is 5.37. The first-order valence-corrected chi connectivity index (χ1v) is 5.62. The summed E-state index contributed by atoms with van der Waals surface area (Å²) in [7, 11) is 0. The zero-order chi connectivity index (χ0) is 14.8. The maximum absolute atomic E-state index is 12.6. The molecule has 0 unspecified atom stereocenters. The summed E-state index contributed by atoms with van der Waals surface area (Å²) in [5, 5.41) is 2.74. The van der Waals surface area contributed by atoms with E-state index in [1.807, 2.05) is 20.8 Å². The normalized spacial score (nSPS) is 12.3. The van der Waals surface area contributed by atoms with Crippen LogP contribution in [-0.2, 0) is 6.18 Å². The lowest BCUT2D eigenvalue weighted by atomic mass is 9.97. The van der Waals surface area contributed by atoms with E-state index in [-0.39, 0.29) is 16.8 Å². The Morgan fingerprint density at radius 3 is 2.32 bits per heavy atom. The fraction of sp³-hybridized carbons (Fsp3) is 0.500. The molecule has 0 atom stereocenters. The lowest BCUT2D eigenvalue weighted by molar-refractivity contribution is -0.141. The number of hydrogen-bond acceptors (Lipinski definition) is 3. The molecule has 7 heteroatoms. The van der Waals surface area contributed by atoms with Gasteiger partial charge in [-0.1, -0.05) is 20.8 Å². The van der Waals surface area contributed by atoms with Gasteiger partial charge in [0.05, 0.1) is 5.56 Å². The second kappa shape index (κ2) is 5.07. The number of rotatable bonds is 3. The number of amides is 1. The van der Waals surface area contributed by atoms with E-state index in [0.29, 0.717) is 6.54 Å². The molecule has 0 radical (unpaired) electrons. The predicted molar refractivity (Wildman–Crippen MR) is 65.7 cm³/mol.